The first kappa shape index (κ1) is 22.8. The van der Waals surface area contributed by atoms with Crippen LogP contribution < -0.4 is 11.0 Å². The number of aromatic nitrogens is 2. The number of anilines is 1. The van der Waals surface area contributed by atoms with Crippen LogP contribution in [0.1, 0.15) is 11.1 Å². The van der Waals surface area contributed by atoms with Crippen molar-refractivity contribution in [2.24, 2.45) is 0 Å². The molecule has 0 aliphatic carbocycles. The fourth-order valence-electron chi connectivity index (χ4n) is 3.06. The van der Waals surface area contributed by atoms with Crippen molar-refractivity contribution in [3.63, 3.8) is 0 Å². The molecule has 0 saturated carbocycles. The average Bonchev–Trinajstić information content (AvgIpc) is 2.67. The van der Waals surface area contributed by atoms with E-state index < -0.39 is 27.5 Å². The van der Waals surface area contributed by atoms with Gasteiger partial charge in [-0.2, -0.15) is 18.2 Å². The molecule has 0 aliphatic heterocycles. The van der Waals surface area contributed by atoms with Crippen molar-refractivity contribution >= 4 is 26.7 Å². The van der Waals surface area contributed by atoms with Crippen LogP contribution in [-0.4, -0.2) is 48.7 Å². The Kier molecular flexibility index (Phi) is 6.10. The number of nitrogens with zero attached hydrogens (tertiary/aromatic N) is 3. The highest BCUT2D eigenvalue weighted by atomic mass is 32.2. The molecule has 2 aromatic carbocycles. The van der Waals surface area contributed by atoms with E-state index in [0.717, 1.165) is 21.0 Å². The molecule has 0 radical (unpaired) electrons. The molecule has 1 N–H and O–H groups in total. The van der Waals surface area contributed by atoms with Crippen molar-refractivity contribution in [2.75, 3.05) is 31.7 Å². The summed E-state index contributed by atoms with van der Waals surface area (Å²) >= 11 is 0. The summed E-state index contributed by atoms with van der Waals surface area (Å²) in [6.45, 7) is 1.66. The van der Waals surface area contributed by atoms with Gasteiger partial charge in [0.1, 0.15) is 5.82 Å². The Morgan fingerprint density at radius 3 is 2.42 bits per heavy atom. The van der Waals surface area contributed by atoms with Crippen LogP contribution in [0.5, 0.6) is 0 Å². The van der Waals surface area contributed by atoms with Crippen LogP contribution in [0, 0.1) is 6.92 Å². The molecule has 0 bridgehead atoms. The number of fused-ring (bicyclic) bond motifs is 1. The second kappa shape index (κ2) is 8.31. The van der Waals surface area contributed by atoms with Gasteiger partial charge in [-0.1, -0.05) is 18.2 Å². The summed E-state index contributed by atoms with van der Waals surface area (Å²) in [7, 11) is -0.716. The first-order valence-electron chi connectivity index (χ1n) is 9.26. The van der Waals surface area contributed by atoms with E-state index in [2.05, 4.69) is 10.3 Å². The zero-order valence-electron chi connectivity index (χ0n) is 17.1. The van der Waals surface area contributed by atoms with Crippen LogP contribution in [0.15, 0.2) is 47.3 Å². The van der Waals surface area contributed by atoms with Gasteiger partial charge in [0.05, 0.1) is 22.5 Å². The second-order valence-electron chi connectivity index (χ2n) is 7.12. The molecule has 11 heteroatoms. The molecule has 166 valence electrons. The van der Waals surface area contributed by atoms with Crippen LogP contribution in [0.25, 0.3) is 16.6 Å². The third-order valence-electron chi connectivity index (χ3n) is 4.78. The lowest BCUT2D eigenvalue weighted by atomic mass is 10.1. The van der Waals surface area contributed by atoms with Crippen LogP contribution in [0.3, 0.4) is 0 Å². The van der Waals surface area contributed by atoms with Gasteiger partial charge < -0.3 is 5.32 Å². The Morgan fingerprint density at radius 2 is 1.81 bits per heavy atom. The molecule has 7 nitrogen and oxygen atoms in total. The highest BCUT2D eigenvalue weighted by Crippen LogP contribution is 2.33. The molecule has 0 aliphatic rings. The summed E-state index contributed by atoms with van der Waals surface area (Å²) in [6, 6.07) is 9.80. The Balaban J connectivity index is 2.17. The van der Waals surface area contributed by atoms with Crippen molar-refractivity contribution in [1.82, 2.24) is 13.9 Å². The molecule has 1 aromatic heterocycles. The Morgan fingerprint density at radius 1 is 1.13 bits per heavy atom. The highest BCUT2D eigenvalue weighted by molar-refractivity contribution is 7.89. The normalized spacial score (nSPS) is 12.5. The maximum absolute atomic E-state index is 13.3. The van der Waals surface area contributed by atoms with Gasteiger partial charge >= 0.3 is 11.9 Å². The first-order valence-corrected chi connectivity index (χ1v) is 10.9. The van der Waals surface area contributed by atoms with Crippen molar-refractivity contribution < 1.29 is 21.6 Å². The Bertz CT molecular complexity index is 1290. The minimum Gasteiger partial charge on any atom is -0.368 e. The number of hydrogen-bond donors (Lipinski definition) is 1. The summed E-state index contributed by atoms with van der Waals surface area (Å²) in [5.41, 5.74) is -0.579. The fraction of sp³-hybridized carbons (Fsp3) is 0.300. The predicted octanol–water partition coefficient (Wildman–Crippen LogP) is 3.02. The zero-order valence-corrected chi connectivity index (χ0v) is 17.9. The number of para-hydroxylation sites is 1. The molecule has 1 heterocycles. The van der Waals surface area contributed by atoms with Crippen LogP contribution in [-0.2, 0) is 16.2 Å². The monoisotopic (exact) mass is 454 g/mol. The molecule has 0 fully saturated rings. The van der Waals surface area contributed by atoms with E-state index in [1.807, 2.05) is 0 Å². The summed E-state index contributed by atoms with van der Waals surface area (Å²) < 4.78 is 66.2. The zero-order chi connectivity index (χ0) is 23.0. The lowest BCUT2D eigenvalue weighted by Crippen LogP contribution is -2.29. The lowest BCUT2D eigenvalue weighted by molar-refractivity contribution is -0.137. The van der Waals surface area contributed by atoms with E-state index in [4.69, 9.17) is 0 Å². The maximum Gasteiger partial charge on any atom is 0.416 e. The molecule has 0 spiro atoms. The van der Waals surface area contributed by atoms with E-state index in [0.29, 0.717) is 11.3 Å². The molecule has 0 unspecified atom stereocenters. The first-order chi connectivity index (χ1) is 14.4. The maximum atomic E-state index is 13.3. The molecule has 3 aromatic rings. The number of halogens is 3. The number of aryl methyl sites for hydroxylation is 1. The van der Waals surface area contributed by atoms with Crippen molar-refractivity contribution in [3.05, 3.63) is 64.1 Å². The Labute approximate surface area is 177 Å². The summed E-state index contributed by atoms with van der Waals surface area (Å²) in [6.07, 6.45) is -4.60. The van der Waals surface area contributed by atoms with Gasteiger partial charge in [0.15, 0.2) is 0 Å². The van der Waals surface area contributed by atoms with Crippen LogP contribution >= 0.6 is 0 Å². The molecule has 0 amide bonds. The predicted molar refractivity (Wildman–Crippen MR) is 113 cm³/mol. The summed E-state index contributed by atoms with van der Waals surface area (Å²) in [5, 5.41) is 3.04. The fourth-order valence-corrected chi connectivity index (χ4v) is 3.79. The smallest absolute Gasteiger partial charge is 0.368 e. The van der Waals surface area contributed by atoms with E-state index in [1.165, 1.54) is 20.2 Å². The minimum atomic E-state index is -4.60. The summed E-state index contributed by atoms with van der Waals surface area (Å²) in [5.74, 6) is -0.252. The van der Waals surface area contributed by atoms with Crippen LogP contribution in [0.4, 0.5) is 19.0 Å². The quantitative estimate of drug-likeness (QED) is 0.619. The molecule has 3 rings (SSSR count). The molecular formula is C20H21F3N4O3S. The third-order valence-corrected chi connectivity index (χ3v) is 6.62. The number of benzene rings is 2. The van der Waals surface area contributed by atoms with Crippen molar-refractivity contribution in [2.45, 2.75) is 13.1 Å². The van der Waals surface area contributed by atoms with Gasteiger partial charge in [0, 0.05) is 26.0 Å². The van der Waals surface area contributed by atoms with Gasteiger partial charge in [0.2, 0.25) is 10.0 Å². The van der Waals surface area contributed by atoms with Gasteiger partial charge in [-0.25, -0.2) is 17.5 Å². The number of hydrogen-bond acceptors (Lipinski definition) is 5. The van der Waals surface area contributed by atoms with Gasteiger partial charge in [0.25, 0.3) is 0 Å². The standard InChI is InChI=1S/C20H21F3N4O3S/c1-13-6-4-5-7-16(13)27-17-12-14(20(21,22)23)8-9-15(17)18(25-19(27)28)24-10-11-31(29,30)26(2)3/h4-9,12H,10-11H2,1-3H3,(H,24,25,28). The number of rotatable bonds is 6. The van der Waals surface area contributed by atoms with Gasteiger partial charge in [-0.05, 0) is 36.8 Å². The average molecular weight is 454 g/mol. The van der Waals surface area contributed by atoms with Crippen molar-refractivity contribution in [3.8, 4) is 5.69 Å². The topological polar surface area (TPSA) is 84.3 Å². The van der Waals surface area contributed by atoms with E-state index >= 15 is 0 Å². The third kappa shape index (κ3) is 4.72. The van der Waals surface area contributed by atoms with Crippen molar-refractivity contribution in [1.29, 1.82) is 0 Å². The van der Waals surface area contributed by atoms with Gasteiger partial charge in [-0.15, -0.1) is 0 Å². The van der Waals surface area contributed by atoms with E-state index in [1.54, 1.807) is 31.2 Å². The van der Waals surface area contributed by atoms with Gasteiger partial charge in [-0.3, -0.25) is 4.57 Å². The summed E-state index contributed by atoms with van der Waals surface area (Å²) in [4.78, 5) is 16.8. The lowest BCUT2D eigenvalue weighted by Gasteiger charge is -2.17. The second-order valence-corrected chi connectivity index (χ2v) is 9.42. The van der Waals surface area contributed by atoms with Crippen LogP contribution in [0.2, 0.25) is 0 Å². The molecular weight excluding hydrogens is 433 g/mol. The Hall–Kier alpha value is -2.92. The molecule has 0 saturated heterocycles. The number of sulfonamides is 1. The van der Waals surface area contributed by atoms with E-state index in [-0.39, 0.29) is 29.0 Å². The SMILES string of the molecule is Cc1ccccc1-n1c(=O)nc(NCCS(=O)(=O)N(C)C)c2ccc(C(F)(F)F)cc21. The van der Waals surface area contributed by atoms with E-state index in [9.17, 15) is 26.4 Å². The highest BCUT2D eigenvalue weighted by Gasteiger charge is 2.31. The number of alkyl halides is 3. The molecule has 0 atom stereocenters. The largest absolute Gasteiger partial charge is 0.416 e. The number of nitrogens with one attached hydrogen (secondary N) is 1. The minimum absolute atomic E-state index is 0.0158. The molecule has 31 heavy (non-hydrogen) atoms.